The topological polar surface area (TPSA) is 55.1 Å². The average molecular weight is 292 g/mol. The van der Waals surface area contributed by atoms with Gasteiger partial charge >= 0.3 is 5.97 Å². The van der Waals surface area contributed by atoms with Gasteiger partial charge in [0, 0.05) is 24.2 Å². The van der Waals surface area contributed by atoms with Crippen LogP contribution in [0.3, 0.4) is 0 Å². The zero-order chi connectivity index (χ0) is 15.1. The summed E-state index contributed by atoms with van der Waals surface area (Å²) < 4.78 is 29.0. The van der Waals surface area contributed by atoms with Crippen molar-refractivity contribution in [3.05, 3.63) is 41.4 Å². The van der Waals surface area contributed by atoms with Crippen molar-refractivity contribution < 1.29 is 18.7 Å². The van der Waals surface area contributed by atoms with Gasteiger partial charge < -0.3 is 9.67 Å². The van der Waals surface area contributed by atoms with E-state index < -0.39 is 23.5 Å². The highest BCUT2D eigenvalue weighted by Crippen LogP contribution is 2.30. The fourth-order valence-corrected chi connectivity index (χ4v) is 2.78. The van der Waals surface area contributed by atoms with Crippen molar-refractivity contribution in [3.8, 4) is 11.3 Å². The van der Waals surface area contributed by atoms with Gasteiger partial charge in [0.15, 0.2) is 0 Å². The number of hydrogen-bond donors (Lipinski definition) is 1. The average Bonchev–Trinajstić information content (AvgIpc) is 2.78. The summed E-state index contributed by atoms with van der Waals surface area (Å²) in [5.41, 5.74) is 1.16. The molecule has 2 aromatic rings. The molecule has 4 nitrogen and oxygen atoms in total. The quantitative estimate of drug-likeness (QED) is 0.926. The Morgan fingerprint density at radius 3 is 2.90 bits per heavy atom. The number of carbonyl (C=O) groups is 1. The Labute approximate surface area is 120 Å². The molecule has 1 aliphatic heterocycles. The first-order chi connectivity index (χ1) is 9.97. The normalized spacial score (nSPS) is 17.6. The van der Waals surface area contributed by atoms with E-state index >= 15 is 0 Å². The third kappa shape index (κ3) is 2.30. The Kier molecular flexibility index (Phi) is 3.23. The number of imidazole rings is 1. The first-order valence-corrected chi connectivity index (χ1v) is 6.71. The van der Waals surface area contributed by atoms with E-state index in [1.54, 1.807) is 11.5 Å². The molecule has 0 saturated heterocycles. The standard InChI is InChI=1S/C15H14F2N2O2/c1-8-14(11-6-10(16)3-4-12(11)17)18-13-5-2-9(15(20)21)7-19(8)13/h3-4,6,9H,2,5,7H2,1H3,(H,20,21). The number of aliphatic carboxylic acids is 1. The maximum absolute atomic E-state index is 13.9. The van der Waals surface area contributed by atoms with Crippen molar-refractivity contribution in [1.29, 1.82) is 0 Å². The van der Waals surface area contributed by atoms with Gasteiger partial charge in [-0.15, -0.1) is 0 Å². The Hall–Kier alpha value is -2.24. The minimum absolute atomic E-state index is 0.112. The van der Waals surface area contributed by atoms with E-state index in [4.69, 9.17) is 5.11 Å². The highest BCUT2D eigenvalue weighted by atomic mass is 19.1. The van der Waals surface area contributed by atoms with Gasteiger partial charge in [0.2, 0.25) is 0 Å². The monoisotopic (exact) mass is 292 g/mol. The Morgan fingerprint density at radius 1 is 1.43 bits per heavy atom. The van der Waals surface area contributed by atoms with Gasteiger partial charge in [0.25, 0.3) is 0 Å². The number of halogens is 2. The largest absolute Gasteiger partial charge is 0.481 e. The van der Waals surface area contributed by atoms with Crippen LogP contribution in [0.2, 0.25) is 0 Å². The van der Waals surface area contributed by atoms with Crippen LogP contribution in [-0.4, -0.2) is 20.6 Å². The predicted molar refractivity (Wildman–Crippen MR) is 71.8 cm³/mol. The molecule has 1 N–H and O–H groups in total. The number of nitrogens with zero attached hydrogens (tertiary/aromatic N) is 2. The number of aromatic nitrogens is 2. The van der Waals surface area contributed by atoms with Crippen molar-refractivity contribution in [2.45, 2.75) is 26.3 Å². The lowest BCUT2D eigenvalue weighted by Crippen LogP contribution is -2.27. The molecule has 1 aromatic heterocycles. The summed E-state index contributed by atoms with van der Waals surface area (Å²) in [5, 5.41) is 9.12. The molecular formula is C15H14F2N2O2. The fourth-order valence-electron chi connectivity index (χ4n) is 2.78. The van der Waals surface area contributed by atoms with Crippen LogP contribution in [0.1, 0.15) is 17.9 Å². The van der Waals surface area contributed by atoms with Crippen LogP contribution in [0.25, 0.3) is 11.3 Å². The van der Waals surface area contributed by atoms with Crippen molar-refractivity contribution in [3.63, 3.8) is 0 Å². The maximum Gasteiger partial charge on any atom is 0.308 e. The Bertz CT molecular complexity index is 725. The van der Waals surface area contributed by atoms with E-state index in [0.29, 0.717) is 30.8 Å². The van der Waals surface area contributed by atoms with Crippen molar-refractivity contribution in [2.24, 2.45) is 5.92 Å². The van der Waals surface area contributed by atoms with E-state index in [0.717, 1.165) is 24.0 Å². The zero-order valence-electron chi connectivity index (χ0n) is 11.4. The fraction of sp³-hybridized carbons (Fsp3) is 0.333. The second-order valence-electron chi connectivity index (χ2n) is 5.27. The van der Waals surface area contributed by atoms with Crippen molar-refractivity contribution in [2.75, 3.05) is 0 Å². The van der Waals surface area contributed by atoms with E-state index in [2.05, 4.69) is 4.98 Å². The molecule has 0 radical (unpaired) electrons. The van der Waals surface area contributed by atoms with Crippen LogP contribution < -0.4 is 0 Å². The van der Waals surface area contributed by atoms with Crippen LogP contribution in [0.4, 0.5) is 8.78 Å². The summed E-state index contributed by atoms with van der Waals surface area (Å²) in [6.07, 6.45) is 1.03. The van der Waals surface area contributed by atoms with Gasteiger partial charge in [-0.25, -0.2) is 13.8 Å². The van der Waals surface area contributed by atoms with Gasteiger partial charge in [-0.05, 0) is 31.5 Å². The summed E-state index contributed by atoms with van der Waals surface area (Å²) in [6.45, 7) is 2.07. The minimum Gasteiger partial charge on any atom is -0.481 e. The molecule has 0 fully saturated rings. The van der Waals surface area contributed by atoms with Crippen molar-refractivity contribution >= 4 is 5.97 Å². The molecule has 1 atom stereocenters. The highest BCUT2D eigenvalue weighted by molar-refractivity contribution is 5.70. The molecule has 0 saturated carbocycles. The van der Waals surface area contributed by atoms with E-state index in [1.807, 2.05) is 0 Å². The van der Waals surface area contributed by atoms with Crippen LogP contribution >= 0.6 is 0 Å². The van der Waals surface area contributed by atoms with Crippen LogP contribution in [0.15, 0.2) is 18.2 Å². The molecular weight excluding hydrogens is 278 g/mol. The third-order valence-electron chi connectivity index (χ3n) is 3.95. The SMILES string of the molecule is Cc1c(-c2cc(F)ccc2F)nc2n1CC(C(=O)O)CC2. The van der Waals surface area contributed by atoms with Gasteiger partial charge in [0.1, 0.15) is 17.5 Å². The van der Waals surface area contributed by atoms with Crippen LogP contribution in [-0.2, 0) is 17.8 Å². The number of carboxylic acids is 1. The maximum atomic E-state index is 13.9. The molecule has 3 rings (SSSR count). The second kappa shape index (κ2) is 4.95. The molecule has 1 aliphatic rings. The number of rotatable bonds is 2. The van der Waals surface area contributed by atoms with E-state index in [1.165, 1.54) is 0 Å². The molecule has 1 aromatic carbocycles. The van der Waals surface area contributed by atoms with Gasteiger partial charge in [-0.2, -0.15) is 0 Å². The lowest BCUT2D eigenvalue weighted by Gasteiger charge is -2.21. The van der Waals surface area contributed by atoms with Gasteiger partial charge in [0.05, 0.1) is 11.6 Å². The molecule has 6 heteroatoms. The Morgan fingerprint density at radius 2 is 2.19 bits per heavy atom. The minimum atomic E-state index is -0.841. The van der Waals surface area contributed by atoms with E-state index in [9.17, 15) is 13.6 Å². The highest BCUT2D eigenvalue weighted by Gasteiger charge is 2.28. The number of fused-ring (bicyclic) bond motifs is 1. The van der Waals surface area contributed by atoms with Crippen LogP contribution in [0.5, 0.6) is 0 Å². The number of hydrogen-bond acceptors (Lipinski definition) is 2. The zero-order valence-corrected chi connectivity index (χ0v) is 11.4. The lowest BCUT2D eigenvalue weighted by molar-refractivity contribution is -0.142. The molecule has 110 valence electrons. The second-order valence-corrected chi connectivity index (χ2v) is 5.27. The molecule has 0 spiro atoms. The summed E-state index contributed by atoms with van der Waals surface area (Å²) in [7, 11) is 0. The molecule has 0 amide bonds. The summed E-state index contributed by atoms with van der Waals surface area (Å²) >= 11 is 0. The summed E-state index contributed by atoms with van der Waals surface area (Å²) in [6, 6.07) is 3.25. The molecule has 2 heterocycles. The molecule has 0 aliphatic carbocycles. The molecule has 0 bridgehead atoms. The van der Waals surface area contributed by atoms with Gasteiger partial charge in [-0.1, -0.05) is 0 Å². The Balaban J connectivity index is 2.07. The summed E-state index contributed by atoms with van der Waals surface area (Å²) in [4.78, 5) is 15.5. The number of aryl methyl sites for hydroxylation is 1. The van der Waals surface area contributed by atoms with Crippen molar-refractivity contribution in [1.82, 2.24) is 9.55 Å². The molecule has 1 unspecified atom stereocenters. The van der Waals surface area contributed by atoms with E-state index in [-0.39, 0.29) is 5.56 Å². The lowest BCUT2D eigenvalue weighted by atomic mass is 9.99. The summed E-state index contributed by atoms with van der Waals surface area (Å²) in [5.74, 6) is -1.64. The first kappa shape index (κ1) is 13.7. The smallest absolute Gasteiger partial charge is 0.308 e. The third-order valence-corrected chi connectivity index (χ3v) is 3.95. The number of benzene rings is 1. The van der Waals surface area contributed by atoms with Gasteiger partial charge in [-0.3, -0.25) is 4.79 Å². The van der Waals surface area contributed by atoms with Crippen LogP contribution in [0, 0.1) is 24.5 Å². The predicted octanol–water partition coefficient (Wildman–Crippen LogP) is 2.78. The molecule has 21 heavy (non-hydrogen) atoms. The number of carboxylic acid groups (broad SMARTS) is 1. The first-order valence-electron chi connectivity index (χ1n) is 6.71.